The monoisotopic (exact) mass is 303 g/mol. The lowest BCUT2D eigenvalue weighted by Crippen LogP contribution is -2.40. The van der Waals surface area contributed by atoms with Gasteiger partial charge in [-0.3, -0.25) is 4.68 Å². The fourth-order valence-electron chi connectivity index (χ4n) is 1.98. The summed E-state index contributed by atoms with van der Waals surface area (Å²) >= 11 is 0. The van der Waals surface area contributed by atoms with Gasteiger partial charge in [0.15, 0.2) is 5.69 Å². The van der Waals surface area contributed by atoms with Crippen molar-refractivity contribution in [2.24, 2.45) is 5.92 Å². The summed E-state index contributed by atoms with van der Waals surface area (Å²) in [6.45, 7) is 5.17. The largest absolute Gasteiger partial charge is 0.455 e. The van der Waals surface area contributed by atoms with Gasteiger partial charge in [-0.25, -0.2) is 13.6 Å². The minimum atomic E-state index is -2.80. The Morgan fingerprint density at radius 2 is 2.29 bits per heavy atom. The second kappa shape index (κ2) is 5.67. The molecule has 0 aliphatic carbocycles. The molecule has 0 radical (unpaired) electrons. The van der Waals surface area contributed by atoms with Crippen LogP contribution in [0.4, 0.5) is 8.78 Å². The lowest BCUT2D eigenvalue weighted by atomic mass is 9.97. The molecule has 1 aromatic heterocycles. The first-order valence-corrected chi connectivity index (χ1v) is 6.76. The second-order valence-electron chi connectivity index (χ2n) is 6.11. The van der Waals surface area contributed by atoms with Crippen LogP contribution in [0.5, 0.6) is 0 Å². The number of esters is 1. The van der Waals surface area contributed by atoms with E-state index in [9.17, 15) is 13.6 Å². The molecule has 1 aromatic rings. The summed E-state index contributed by atoms with van der Waals surface area (Å²) in [5, 5.41) is 7.37. The molecule has 1 fully saturated rings. The van der Waals surface area contributed by atoms with Crippen molar-refractivity contribution in [2.45, 2.75) is 45.3 Å². The predicted octanol–water partition coefficient (Wildman–Crippen LogP) is 1.91. The summed E-state index contributed by atoms with van der Waals surface area (Å²) < 4.78 is 38.9. The molecule has 0 spiro atoms. The van der Waals surface area contributed by atoms with E-state index in [0.29, 0.717) is 0 Å². The average Bonchev–Trinajstić information content (AvgIpc) is 2.78. The first-order chi connectivity index (χ1) is 9.67. The quantitative estimate of drug-likeness (QED) is 0.798. The van der Waals surface area contributed by atoms with Crippen molar-refractivity contribution >= 4 is 5.97 Å². The van der Waals surface area contributed by atoms with Gasteiger partial charge in [-0.2, -0.15) is 0 Å². The molecule has 0 aromatic carbocycles. The van der Waals surface area contributed by atoms with Gasteiger partial charge < -0.3 is 9.47 Å². The maximum Gasteiger partial charge on any atom is 0.361 e. The molecule has 0 bridgehead atoms. The topological polar surface area (TPSA) is 66.2 Å². The summed E-state index contributed by atoms with van der Waals surface area (Å²) in [6, 6.07) is 0. The maximum atomic E-state index is 13.7. The second-order valence-corrected chi connectivity index (χ2v) is 6.11. The molecule has 2 heterocycles. The minimum Gasteiger partial charge on any atom is -0.455 e. The summed E-state index contributed by atoms with van der Waals surface area (Å²) in [6.07, 6.45) is 1.02. The van der Waals surface area contributed by atoms with Gasteiger partial charge >= 0.3 is 5.97 Å². The number of aromatic nitrogens is 3. The average molecular weight is 303 g/mol. The normalized spacial score (nSPS) is 22.0. The molecular weight excluding hydrogens is 284 g/mol. The molecule has 0 amide bonds. The lowest BCUT2D eigenvalue weighted by Gasteiger charge is -2.30. The third kappa shape index (κ3) is 4.20. The summed E-state index contributed by atoms with van der Waals surface area (Å²) in [4.78, 5) is 11.8. The molecule has 1 unspecified atom stereocenters. The van der Waals surface area contributed by atoms with E-state index in [0.717, 1.165) is 0 Å². The number of hydrogen-bond donors (Lipinski definition) is 0. The molecule has 1 aliphatic heterocycles. The van der Waals surface area contributed by atoms with Crippen molar-refractivity contribution in [3.05, 3.63) is 11.9 Å². The van der Waals surface area contributed by atoms with Crippen molar-refractivity contribution in [1.29, 1.82) is 0 Å². The number of halogens is 2. The highest BCUT2D eigenvalue weighted by atomic mass is 19.3. The molecule has 0 saturated carbocycles. The van der Waals surface area contributed by atoms with E-state index < -0.39 is 23.4 Å². The van der Waals surface area contributed by atoms with Crippen molar-refractivity contribution < 1.29 is 23.0 Å². The van der Waals surface area contributed by atoms with Crippen LogP contribution in [0.1, 0.15) is 37.7 Å². The molecule has 21 heavy (non-hydrogen) atoms. The van der Waals surface area contributed by atoms with E-state index in [2.05, 4.69) is 10.3 Å². The van der Waals surface area contributed by atoms with Gasteiger partial charge in [-0.1, -0.05) is 5.21 Å². The molecule has 1 aliphatic rings. The molecule has 6 nitrogen and oxygen atoms in total. The molecule has 1 atom stereocenters. The van der Waals surface area contributed by atoms with E-state index >= 15 is 0 Å². The summed E-state index contributed by atoms with van der Waals surface area (Å²) in [5.74, 6) is -4.39. The van der Waals surface area contributed by atoms with Crippen LogP contribution in [0, 0.1) is 5.92 Å². The number of carbonyl (C=O) groups excluding carboxylic acids is 1. The van der Waals surface area contributed by atoms with Gasteiger partial charge in [-0.15, -0.1) is 5.10 Å². The Morgan fingerprint density at radius 3 is 2.90 bits per heavy atom. The highest BCUT2D eigenvalue weighted by molar-refractivity contribution is 5.86. The van der Waals surface area contributed by atoms with E-state index in [1.54, 1.807) is 20.8 Å². The number of ether oxygens (including phenoxy) is 2. The van der Waals surface area contributed by atoms with Gasteiger partial charge in [0.2, 0.25) is 0 Å². The van der Waals surface area contributed by atoms with E-state index in [1.165, 1.54) is 10.9 Å². The van der Waals surface area contributed by atoms with Gasteiger partial charge in [0, 0.05) is 6.42 Å². The first kappa shape index (κ1) is 15.8. The third-order valence-electron chi connectivity index (χ3n) is 3.05. The van der Waals surface area contributed by atoms with Gasteiger partial charge in [-0.05, 0) is 20.8 Å². The maximum absolute atomic E-state index is 13.7. The third-order valence-corrected chi connectivity index (χ3v) is 3.05. The Balaban J connectivity index is 2.01. The smallest absolute Gasteiger partial charge is 0.361 e. The van der Waals surface area contributed by atoms with Crippen molar-refractivity contribution in [3.8, 4) is 0 Å². The standard InChI is InChI=1S/C13H19F2N3O3/c1-12(2,3)21-11(19)10-7-18(17-16-10)6-9-8-20-5-4-13(9,14)15/h7,9H,4-6,8H2,1-3H3. The fraction of sp³-hybridized carbons (Fsp3) is 0.769. The SMILES string of the molecule is CC(C)(C)OC(=O)c1cn(CC2COCCC2(F)F)nn1. The molecule has 2 rings (SSSR count). The van der Waals surface area contributed by atoms with E-state index in [-0.39, 0.29) is 31.9 Å². The Labute approximate surface area is 121 Å². The van der Waals surface area contributed by atoms with E-state index in [4.69, 9.17) is 9.47 Å². The Kier molecular flexibility index (Phi) is 4.27. The first-order valence-electron chi connectivity index (χ1n) is 6.76. The van der Waals surface area contributed by atoms with Crippen LogP contribution in [-0.4, -0.2) is 45.7 Å². The molecular formula is C13H19F2N3O3. The Morgan fingerprint density at radius 1 is 1.57 bits per heavy atom. The zero-order valence-corrected chi connectivity index (χ0v) is 12.3. The zero-order valence-electron chi connectivity index (χ0n) is 12.3. The van der Waals surface area contributed by atoms with Crippen molar-refractivity contribution in [3.63, 3.8) is 0 Å². The summed E-state index contributed by atoms with van der Waals surface area (Å²) in [7, 11) is 0. The van der Waals surface area contributed by atoms with Crippen LogP contribution >= 0.6 is 0 Å². The number of carbonyl (C=O) groups is 1. The van der Waals surface area contributed by atoms with Gasteiger partial charge in [0.25, 0.3) is 5.92 Å². The predicted molar refractivity (Wildman–Crippen MR) is 69.1 cm³/mol. The van der Waals surface area contributed by atoms with Crippen LogP contribution in [-0.2, 0) is 16.0 Å². The minimum absolute atomic E-state index is 0.00460. The Hall–Kier alpha value is -1.57. The van der Waals surface area contributed by atoms with Crippen LogP contribution in [0.15, 0.2) is 6.20 Å². The van der Waals surface area contributed by atoms with Gasteiger partial charge in [0.05, 0.1) is 31.9 Å². The number of alkyl halides is 2. The molecule has 8 heteroatoms. The molecule has 1 saturated heterocycles. The summed E-state index contributed by atoms with van der Waals surface area (Å²) in [5.41, 5.74) is -0.643. The Bertz CT molecular complexity index is 511. The van der Waals surface area contributed by atoms with Crippen molar-refractivity contribution in [1.82, 2.24) is 15.0 Å². The van der Waals surface area contributed by atoms with E-state index in [1.807, 2.05) is 0 Å². The highest BCUT2D eigenvalue weighted by Gasteiger charge is 2.42. The fourth-order valence-corrected chi connectivity index (χ4v) is 1.98. The number of nitrogens with zero attached hydrogens (tertiary/aromatic N) is 3. The van der Waals surface area contributed by atoms with Crippen molar-refractivity contribution in [2.75, 3.05) is 13.2 Å². The number of rotatable bonds is 3. The zero-order chi connectivity index (χ0) is 15.7. The van der Waals surface area contributed by atoms with Crippen LogP contribution < -0.4 is 0 Å². The molecule has 0 N–H and O–H groups in total. The van der Waals surface area contributed by atoms with Crippen LogP contribution in [0.3, 0.4) is 0 Å². The lowest BCUT2D eigenvalue weighted by molar-refractivity contribution is -0.146. The van der Waals surface area contributed by atoms with Crippen LogP contribution in [0.25, 0.3) is 0 Å². The number of hydrogen-bond acceptors (Lipinski definition) is 5. The molecule has 118 valence electrons. The van der Waals surface area contributed by atoms with Crippen LogP contribution in [0.2, 0.25) is 0 Å². The van der Waals surface area contributed by atoms with Gasteiger partial charge in [0.1, 0.15) is 5.60 Å². The highest BCUT2D eigenvalue weighted by Crippen LogP contribution is 2.33.